The number of carboxylic acids is 1. The van der Waals surface area contributed by atoms with E-state index in [1.54, 1.807) is 12.5 Å². The highest BCUT2D eigenvalue weighted by atomic mass is 16.4. The van der Waals surface area contributed by atoms with Crippen LogP contribution in [0, 0.1) is 0 Å². The zero-order valence-corrected chi connectivity index (χ0v) is 9.92. The van der Waals surface area contributed by atoms with E-state index in [-0.39, 0.29) is 0 Å². The van der Waals surface area contributed by atoms with E-state index in [2.05, 4.69) is 9.97 Å². The average Bonchev–Trinajstić information content (AvgIpc) is 2.68. The van der Waals surface area contributed by atoms with Gasteiger partial charge in [-0.2, -0.15) is 0 Å². The van der Waals surface area contributed by atoms with Crippen molar-refractivity contribution in [2.45, 2.75) is 25.7 Å². The number of aryl methyl sites for hydroxylation is 1. The molecule has 0 aliphatic rings. The van der Waals surface area contributed by atoms with E-state index in [4.69, 9.17) is 0 Å². The lowest BCUT2D eigenvalue weighted by Gasteiger charge is -2.10. The van der Waals surface area contributed by atoms with Gasteiger partial charge in [0.25, 0.3) is 0 Å². The van der Waals surface area contributed by atoms with E-state index < -0.39 is 11.9 Å². The largest absolute Gasteiger partial charge is 0.481 e. The number of nitrogens with zero attached hydrogens (tertiary/aromatic N) is 3. The van der Waals surface area contributed by atoms with E-state index in [1.807, 2.05) is 24.6 Å². The molecule has 0 amide bonds. The summed E-state index contributed by atoms with van der Waals surface area (Å²) in [6, 6.07) is 1.84. The third kappa shape index (κ3) is 2.00. The molecule has 0 fully saturated rings. The number of fused-ring (bicyclic) bond motifs is 1. The number of imidazole rings is 1. The fourth-order valence-corrected chi connectivity index (χ4v) is 2.00. The predicted molar refractivity (Wildman–Crippen MR) is 63.8 cm³/mol. The summed E-state index contributed by atoms with van der Waals surface area (Å²) in [7, 11) is 1.88. The lowest BCUT2D eigenvalue weighted by molar-refractivity contribution is -0.139. The van der Waals surface area contributed by atoms with Crippen molar-refractivity contribution in [2.24, 2.45) is 7.05 Å². The molecule has 0 aliphatic carbocycles. The number of pyridine rings is 1. The van der Waals surface area contributed by atoms with Crippen LogP contribution in [0.25, 0.3) is 11.0 Å². The van der Waals surface area contributed by atoms with Crippen LogP contribution in [-0.2, 0) is 11.8 Å². The molecule has 90 valence electrons. The van der Waals surface area contributed by atoms with Crippen molar-refractivity contribution in [3.8, 4) is 0 Å². The summed E-state index contributed by atoms with van der Waals surface area (Å²) >= 11 is 0. The number of aromatic nitrogens is 3. The van der Waals surface area contributed by atoms with Crippen molar-refractivity contribution in [1.82, 2.24) is 14.5 Å². The molecule has 5 nitrogen and oxygen atoms in total. The molecular weight excluding hydrogens is 218 g/mol. The van der Waals surface area contributed by atoms with Gasteiger partial charge in [0.2, 0.25) is 0 Å². The van der Waals surface area contributed by atoms with Crippen molar-refractivity contribution < 1.29 is 9.90 Å². The number of carbonyl (C=O) groups is 1. The quantitative estimate of drug-likeness (QED) is 0.876. The first-order valence-electron chi connectivity index (χ1n) is 5.64. The van der Waals surface area contributed by atoms with Crippen molar-refractivity contribution in [3.05, 3.63) is 24.3 Å². The Bertz CT molecular complexity index is 548. The number of carboxylic acid groups (broad SMARTS) is 1. The van der Waals surface area contributed by atoms with Crippen LogP contribution in [-0.4, -0.2) is 25.6 Å². The second-order valence-electron chi connectivity index (χ2n) is 4.10. The fraction of sp³-hybridized carbons (Fsp3) is 0.417. The van der Waals surface area contributed by atoms with E-state index in [0.29, 0.717) is 17.6 Å². The second-order valence-corrected chi connectivity index (χ2v) is 4.10. The second kappa shape index (κ2) is 4.53. The molecule has 5 heteroatoms. The predicted octanol–water partition coefficient (Wildman–Crippen LogP) is 1.94. The Morgan fingerprint density at radius 3 is 2.94 bits per heavy atom. The van der Waals surface area contributed by atoms with Crippen LogP contribution >= 0.6 is 0 Å². The van der Waals surface area contributed by atoms with Gasteiger partial charge in [-0.3, -0.25) is 9.78 Å². The van der Waals surface area contributed by atoms with Crippen LogP contribution in [0.5, 0.6) is 0 Å². The Morgan fingerprint density at radius 2 is 2.29 bits per heavy atom. The van der Waals surface area contributed by atoms with Gasteiger partial charge in [-0.05, 0) is 12.5 Å². The Kier molecular flexibility index (Phi) is 3.08. The standard InChI is InChI=1S/C12H15N3O2/c1-3-4-8(12(16)17)10-11-9(5-6-13-10)15(2)7-14-11/h5-8H,3-4H2,1-2H3,(H,16,17). The maximum absolute atomic E-state index is 11.3. The lowest BCUT2D eigenvalue weighted by atomic mass is 9.98. The molecule has 17 heavy (non-hydrogen) atoms. The van der Waals surface area contributed by atoms with Gasteiger partial charge in [0.1, 0.15) is 11.4 Å². The molecule has 2 aromatic heterocycles. The van der Waals surface area contributed by atoms with Crippen molar-refractivity contribution in [2.75, 3.05) is 0 Å². The zero-order valence-electron chi connectivity index (χ0n) is 9.92. The van der Waals surface area contributed by atoms with Gasteiger partial charge in [-0.1, -0.05) is 13.3 Å². The fourth-order valence-electron chi connectivity index (χ4n) is 2.00. The number of hydrogen-bond acceptors (Lipinski definition) is 3. The van der Waals surface area contributed by atoms with Gasteiger partial charge < -0.3 is 9.67 Å². The summed E-state index contributed by atoms with van der Waals surface area (Å²) in [6.45, 7) is 1.97. The Labute approximate surface area is 99.1 Å². The van der Waals surface area contributed by atoms with E-state index in [9.17, 15) is 9.90 Å². The summed E-state index contributed by atoms with van der Waals surface area (Å²) in [5, 5.41) is 9.25. The van der Waals surface area contributed by atoms with E-state index in [1.165, 1.54) is 0 Å². The molecule has 1 atom stereocenters. The van der Waals surface area contributed by atoms with Gasteiger partial charge in [-0.25, -0.2) is 4.98 Å². The zero-order chi connectivity index (χ0) is 12.4. The first-order valence-corrected chi connectivity index (χ1v) is 5.64. The minimum atomic E-state index is -0.836. The first-order chi connectivity index (χ1) is 8.15. The van der Waals surface area contributed by atoms with Crippen LogP contribution in [0.15, 0.2) is 18.6 Å². The summed E-state index contributed by atoms with van der Waals surface area (Å²) in [6.07, 6.45) is 4.71. The monoisotopic (exact) mass is 233 g/mol. The molecule has 1 N–H and O–H groups in total. The molecule has 2 heterocycles. The molecular formula is C12H15N3O2. The summed E-state index contributed by atoms with van der Waals surface area (Å²) in [4.78, 5) is 19.7. The van der Waals surface area contributed by atoms with E-state index in [0.717, 1.165) is 11.9 Å². The smallest absolute Gasteiger partial charge is 0.312 e. The maximum Gasteiger partial charge on any atom is 0.312 e. The highest BCUT2D eigenvalue weighted by Gasteiger charge is 2.23. The first kappa shape index (κ1) is 11.6. The van der Waals surface area contributed by atoms with Gasteiger partial charge in [-0.15, -0.1) is 0 Å². The lowest BCUT2D eigenvalue weighted by Crippen LogP contribution is -2.13. The van der Waals surface area contributed by atoms with Crippen LogP contribution < -0.4 is 0 Å². The van der Waals surface area contributed by atoms with Gasteiger partial charge in [0.05, 0.1) is 17.5 Å². The molecule has 0 aliphatic heterocycles. The SMILES string of the molecule is CCCC(C(=O)O)c1nccc2c1ncn2C. The molecule has 0 saturated heterocycles. The van der Waals surface area contributed by atoms with Crippen molar-refractivity contribution in [3.63, 3.8) is 0 Å². The molecule has 2 rings (SSSR count). The third-order valence-electron chi connectivity index (χ3n) is 2.88. The highest BCUT2D eigenvalue weighted by Crippen LogP contribution is 2.25. The summed E-state index contributed by atoms with van der Waals surface area (Å²) in [5.41, 5.74) is 2.17. The molecule has 2 aromatic rings. The molecule has 0 radical (unpaired) electrons. The van der Waals surface area contributed by atoms with Gasteiger partial charge >= 0.3 is 5.97 Å². The third-order valence-corrected chi connectivity index (χ3v) is 2.88. The van der Waals surface area contributed by atoms with Gasteiger partial charge in [0, 0.05) is 13.2 Å². The number of hydrogen-bond donors (Lipinski definition) is 1. The van der Waals surface area contributed by atoms with Gasteiger partial charge in [0.15, 0.2) is 0 Å². The Hall–Kier alpha value is -1.91. The Morgan fingerprint density at radius 1 is 1.53 bits per heavy atom. The minimum absolute atomic E-state index is 0.567. The number of rotatable bonds is 4. The minimum Gasteiger partial charge on any atom is -0.481 e. The van der Waals surface area contributed by atoms with Crippen molar-refractivity contribution in [1.29, 1.82) is 0 Å². The van der Waals surface area contributed by atoms with Crippen LogP contribution in [0.4, 0.5) is 0 Å². The molecule has 0 saturated carbocycles. The Balaban J connectivity index is 2.56. The summed E-state index contributed by atoms with van der Waals surface area (Å²) < 4.78 is 1.87. The molecule has 1 unspecified atom stereocenters. The molecule has 0 bridgehead atoms. The average molecular weight is 233 g/mol. The molecule has 0 aromatic carbocycles. The van der Waals surface area contributed by atoms with Crippen LogP contribution in [0.1, 0.15) is 31.4 Å². The summed E-state index contributed by atoms with van der Waals surface area (Å²) in [5.74, 6) is -1.41. The van der Waals surface area contributed by atoms with Crippen molar-refractivity contribution >= 4 is 17.0 Å². The number of aliphatic carboxylic acids is 1. The maximum atomic E-state index is 11.3. The van der Waals surface area contributed by atoms with Crippen LogP contribution in [0.2, 0.25) is 0 Å². The molecule has 0 spiro atoms. The van der Waals surface area contributed by atoms with E-state index >= 15 is 0 Å². The normalized spacial score (nSPS) is 12.8. The topological polar surface area (TPSA) is 68.0 Å². The highest BCUT2D eigenvalue weighted by molar-refractivity contribution is 5.84. The van der Waals surface area contributed by atoms with Crippen LogP contribution in [0.3, 0.4) is 0 Å².